The van der Waals surface area contributed by atoms with E-state index in [2.05, 4.69) is 6.58 Å². The lowest BCUT2D eigenvalue weighted by molar-refractivity contribution is -0.162. The molecule has 1 aliphatic rings. The van der Waals surface area contributed by atoms with Gasteiger partial charge in [-0.15, -0.1) is 6.58 Å². The molecule has 0 saturated carbocycles. The van der Waals surface area contributed by atoms with Crippen molar-refractivity contribution in [1.82, 2.24) is 0 Å². The van der Waals surface area contributed by atoms with Gasteiger partial charge in [0.05, 0.1) is 0 Å². The van der Waals surface area contributed by atoms with Gasteiger partial charge < -0.3 is 14.3 Å². The second kappa shape index (κ2) is 2.68. The smallest absolute Gasteiger partial charge is 0.165 e. The van der Waals surface area contributed by atoms with Crippen LogP contribution in [0.4, 0.5) is 0 Å². The quantitative estimate of drug-likeness (QED) is 0.462. The van der Waals surface area contributed by atoms with E-state index in [0.717, 1.165) is 6.29 Å². The van der Waals surface area contributed by atoms with Crippen LogP contribution in [-0.2, 0) is 14.3 Å². The number of aldehydes is 1. The van der Waals surface area contributed by atoms with Crippen molar-refractivity contribution in [3.63, 3.8) is 0 Å². The Bertz CT molecular complexity index is 210. The summed E-state index contributed by atoms with van der Waals surface area (Å²) in [4.78, 5) is 10.7. The van der Waals surface area contributed by atoms with Crippen LogP contribution >= 0.6 is 0 Å². The summed E-state index contributed by atoms with van der Waals surface area (Å²) in [5.41, 5.74) is -0.884. The first kappa shape index (κ1) is 9.42. The summed E-state index contributed by atoms with van der Waals surface area (Å²) in [7, 11) is 0. The molecule has 68 valence electrons. The first-order valence-electron chi connectivity index (χ1n) is 3.90. The molecular weight excluding hydrogens is 156 g/mol. The van der Waals surface area contributed by atoms with Gasteiger partial charge in [0.15, 0.2) is 17.7 Å². The van der Waals surface area contributed by atoms with E-state index in [0.29, 0.717) is 0 Å². The molecule has 3 nitrogen and oxygen atoms in total. The van der Waals surface area contributed by atoms with E-state index in [4.69, 9.17) is 9.47 Å². The Balaban J connectivity index is 2.90. The lowest BCUT2D eigenvalue weighted by Gasteiger charge is -2.20. The van der Waals surface area contributed by atoms with Crippen LogP contribution in [0.25, 0.3) is 0 Å². The number of ether oxygens (including phenoxy) is 2. The summed E-state index contributed by atoms with van der Waals surface area (Å²) in [5, 5.41) is 0. The molecule has 1 saturated heterocycles. The molecule has 0 aromatic heterocycles. The molecule has 3 heteroatoms. The molecule has 1 fully saturated rings. The summed E-state index contributed by atoms with van der Waals surface area (Å²) in [6.45, 7) is 8.84. The van der Waals surface area contributed by atoms with Crippen LogP contribution in [0, 0.1) is 0 Å². The first-order chi connectivity index (χ1) is 5.43. The van der Waals surface area contributed by atoms with Crippen molar-refractivity contribution in [2.24, 2.45) is 0 Å². The van der Waals surface area contributed by atoms with Gasteiger partial charge in [-0.3, -0.25) is 0 Å². The van der Waals surface area contributed by atoms with Gasteiger partial charge in [-0.1, -0.05) is 6.08 Å². The van der Waals surface area contributed by atoms with E-state index in [1.54, 1.807) is 26.8 Å². The van der Waals surface area contributed by atoms with Crippen molar-refractivity contribution in [2.75, 3.05) is 0 Å². The molecule has 0 aromatic carbocycles. The molecular formula is C9H14O3. The fourth-order valence-corrected chi connectivity index (χ4v) is 1.41. The highest BCUT2D eigenvalue weighted by Crippen LogP contribution is 2.35. The molecule has 0 aromatic rings. The lowest BCUT2D eigenvalue weighted by Crippen LogP contribution is -2.37. The summed E-state index contributed by atoms with van der Waals surface area (Å²) in [5.74, 6) is -0.700. The van der Waals surface area contributed by atoms with Crippen LogP contribution in [0.3, 0.4) is 0 Å². The van der Waals surface area contributed by atoms with Crippen molar-refractivity contribution in [2.45, 2.75) is 38.3 Å². The Morgan fingerprint density at radius 2 is 2.00 bits per heavy atom. The van der Waals surface area contributed by atoms with Gasteiger partial charge in [0.1, 0.15) is 6.10 Å². The minimum atomic E-state index is -0.884. The van der Waals surface area contributed by atoms with Crippen molar-refractivity contribution in [1.29, 1.82) is 0 Å². The molecule has 1 heterocycles. The van der Waals surface area contributed by atoms with Gasteiger partial charge in [-0.25, -0.2) is 0 Å². The monoisotopic (exact) mass is 170 g/mol. The predicted molar refractivity (Wildman–Crippen MR) is 44.7 cm³/mol. The summed E-state index contributed by atoms with van der Waals surface area (Å²) < 4.78 is 10.9. The SMILES string of the molecule is C=CC1OC(C)(C)OC1(C)C=O. The van der Waals surface area contributed by atoms with E-state index in [1.165, 1.54) is 0 Å². The average molecular weight is 170 g/mol. The molecule has 0 spiro atoms. The number of hydrogen-bond acceptors (Lipinski definition) is 3. The van der Waals surface area contributed by atoms with Crippen LogP contribution in [-0.4, -0.2) is 23.8 Å². The minimum absolute atomic E-state index is 0.356. The highest BCUT2D eigenvalue weighted by molar-refractivity contribution is 5.64. The van der Waals surface area contributed by atoms with Crippen LogP contribution in [0.5, 0.6) is 0 Å². The van der Waals surface area contributed by atoms with Crippen LogP contribution in [0.1, 0.15) is 20.8 Å². The maximum atomic E-state index is 10.7. The maximum Gasteiger partial charge on any atom is 0.165 e. The zero-order chi connectivity index (χ0) is 9.41. The second-order valence-electron chi connectivity index (χ2n) is 3.58. The lowest BCUT2D eigenvalue weighted by atomic mass is 10.0. The third-order valence-electron chi connectivity index (χ3n) is 1.89. The fourth-order valence-electron chi connectivity index (χ4n) is 1.41. The minimum Gasteiger partial charge on any atom is -0.340 e. The largest absolute Gasteiger partial charge is 0.340 e. The van der Waals surface area contributed by atoms with Crippen LogP contribution < -0.4 is 0 Å². The van der Waals surface area contributed by atoms with Gasteiger partial charge >= 0.3 is 0 Å². The van der Waals surface area contributed by atoms with Gasteiger partial charge in [0.2, 0.25) is 0 Å². The molecule has 0 bridgehead atoms. The Morgan fingerprint density at radius 3 is 2.33 bits per heavy atom. The Kier molecular flexibility index (Phi) is 2.10. The van der Waals surface area contributed by atoms with E-state index in [1.807, 2.05) is 0 Å². The van der Waals surface area contributed by atoms with Gasteiger partial charge in [-0.2, -0.15) is 0 Å². The maximum absolute atomic E-state index is 10.7. The van der Waals surface area contributed by atoms with E-state index in [-0.39, 0.29) is 6.10 Å². The molecule has 0 radical (unpaired) electrons. The topological polar surface area (TPSA) is 35.5 Å². The Morgan fingerprint density at radius 1 is 1.42 bits per heavy atom. The molecule has 2 atom stereocenters. The van der Waals surface area contributed by atoms with Gasteiger partial charge in [-0.05, 0) is 20.8 Å². The van der Waals surface area contributed by atoms with Crippen molar-refractivity contribution in [3.05, 3.63) is 12.7 Å². The van der Waals surface area contributed by atoms with Crippen molar-refractivity contribution in [3.8, 4) is 0 Å². The Hall–Kier alpha value is -0.670. The number of hydrogen-bond donors (Lipinski definition) is 0. The molecule has 2 unspecified atom stereocenters. The fraction of sp³-hybridized carbons (Fsp3) is 0.667. The summed E-state index contributed by atoms with van der Waals surface area (Å²) in [6, 6.07) is 0. The summed E-state index contributed by atoms with van der Waals surface area (Å²) >= 11 is 0. The number of rotatable bonds is 2. The molecule has 12 heavy (non-hydrogen) atoms. The average Bonchev–Trinajstić information content (AvgIpc) is 2.22. The molecule has 1 rings (SSSR count). The van der Waals surface area contributed by atoms with Crippen LogP contribution in [0.15, 0.2) is 12.7 Å². The summed E-state index contributed by atoms with van der Waals surface area (Å²) in [6.07, 6.45) is 1.99. The Labute approximate surface area is 72.4 Å². The molecule has 0 N–H and O–H groups in total. The normalized spacial score (nSPS) is 39.4. The highest BCUT2D eigenvalue weighted by atomic mass is 16.8. The predicted octanol–water partition coefficient (Wildman–Crippen LogP) is 1.28. The van der Waals surface area contributed by atoms with Gasteiger partial charge in [0, 0.05) is 0 Å². The van der Waals surface area contributed by atoms with Crippen LogP contribution in [0.2, 0.25) is 0 Å². The third-order valence-corrected chi connectivity index (χ3v) is 1.89. The third kappa shape index (κ3) is 1.42. The zero-order valence-electron chi connectivity index (χ0n) is 7.66. The number of carbonyl (C=O) groups excluding carboxylic acids is 1. The molecule has 0 aliphatic carbocycles. The zero-order valence-corrected chi connectivity index (χ0v) is 7.66. The molecule has 1 aliphatic heterocycles. The van der Waals surface area contributed by atoms with E-state index < -0.39 is 11.4 Å². The standard InChI is InChI=1S/C9H14O3/c1-5-7-9(4,6-10)12-8(2,3)11-7/h5-7H,1H2,2-4H3. The molecule has 0 amide bonds. The second-order valence-corrected chi connectivity index (χ2v) is 3.58. The van der Waals surface area contributed by atoms with E-state index >= 15 is 0 Å². The highest BCUT2D eigenvalue weighted by Gasteiger charge is 2.48. The van der Waals surface area contributed by atoms with Crippen molar-refractivity contribution < 1.29 is 14.3 Å². The first-order valence-corrected chi connectivity index (χ1v) is 3.90. The number of carbonyl (C=O) groups is 1. The van der Waals surface area contributed by atoms with Gasteiger partial charge in [0.25, 0.3) is 0 Å². The van der Waals surface area contributed by atoms with E-state index in [9.17, 15) is 4.79 Å². The van der Waals surface area contributed by atoms with Crippen molar-refractivity contribution >= 4 is 6.29 Å².